The number of carbonyl (C=O) groups excluding carboxylic acids is 2. The lowest BCUT2D eigenvalue weighted by Crippen LogP contribution is -2.21. The van der Waals surface area contributed by atoms with E-state index in [4.69, 9.17) is 0 Å². The minimum absolute atomic E-state index is 0.146. The van der Waals surface area contributed by atoms with E-state index in [1.54, 1.807) is 12.1 Å². The van der Waals surface area contributed by atoms with Crippen LogP contribution in [0.4, 0.5) is 0 Å². The quantitative estimate of drug-likeness (QED) is 0.598. The van der Waals surface area contributed by atoms with Gasteiger partial charge in [0.15, 0.2) is 0 Å². The summed E-state index contributed by atoms with van der Waals surface area (Å²) in [7, 11) is 0. The molecule has 0 aliphatic heterocycles. The number of rotatable bonds is 3. The third kappa shape index (κ3) is 2.93. The van der Waals surface area contributed by atoms with Gasteiger partial charge in [0.2, 0.25) is 11.6 Å². The van der Waals surface area contributed by atoms with Crippen LogP contribution in [0.5, 0.6) is 0 Å². The van der Waals surface area contributed by atoms with Crippen molar-refractivity contribution in [1.82, 2.24) is 0 Å². The third-order valence-electron chi connectivity index (χ3n) is 5.37. The molecule has 27 heavy (non-hydrogen) atoms. The summed E-state index contributed by atoms with van der Waals surface area (Å²) >= 11 is 0. The monoisotopic (exact) mass is 352 g/mol. The first kappa shape index (κ1) is 17.2. The number of carbonyl (C=O) groups is 2. The average molecular weight is 352 g/mol. The van der Waals surface area contributed by atoms with Crippen molar-refractivity contribution in [2.24, 2.45) is 0 Å². The van der Waals surface area contributed by atoms with Crippen molar-refractivity contribution >= 4 is 23.2 Å². The highest BCUT2D eigenvalue weighted by molar-refractivity contribution is 6.61. The zero-order chi connectivity index (χ0) is 19.0. The van der Waals surface area contributed by atoms with Gasteiger partial charge in [0, 0.05) is 16.6 Å². The van der Waals surface area contributed by atoms with Crippen molar-refractivity contribution in [3.63, 3.8) is 0 Å². The van der Waals surface area contributed by atoms with Crippen LogP contribution < -0.4 is 0 Å². The highest BCUT2D eigenvalue weighted by Crippen LogP contribution is 2.33. The van der Waals surface area contributed by atoms with Crippen molar-refractivity contribution in [2.45, 2.75) is 19.3 Å². The van der Waals surface area contributed by atoms with Gasteiger partial charge in [-0.15, -0.1) is 0 Å². The molecule has 0 fully saturated rings. The van der Waals surface area contributed by atoms with E-state index in [2.05, 4.69) is 26.0 Å². The Hall–Kier alpha value is -3.26. The fourth-order valence-corrected chi connectivity index (χ4v) is 3.60. The van der Waals surface area contributed by atoms with Gasteiger partial charge in [-0.3, -0.25) is 9.59 Å². The number of fused-ring (bicyclic) bond motifs is 1. The summed E-state index contributed by atoms with van der Waals surface area (Å²) in [5.41, 5.74) is 4.76. The molecule has 0 saturated heterocycles. The lowest BCUT2D eigenvalue weighted by Gasteiger charge is -2.26. The van der Waals surface area contributed by atoms with E-state index in [1.807, 2.05) is 60.7 Å². The van der Waals surface area contributed by atoms with Crippen LogP contribution in [0.1, 0.15) is 46.5 Å². The number of hydrogen-bond acceptors (Lipinski definition) is 2. The molecule has 0 spiro atoms. The molecule has 0 radical (unpaired) electrons. The Morgan fingerprint density at radius 2 is 1.22 bits per heavy atom. The van der Waals surface area contributed by atoms with Crippen molar-refractivity contribution < 1.29 is 9.59 Å². The highest BCUT2D eigenvalue weighted by atomic mass is 16.2. The SMILES string of the molecule is CC(C)(c1ccccc1)c1ccc(C2=Cc3ccccc3C(=O)C2=O)cc1. The van der Waals surface area contributed by atoms with E-state index >= 15 is 0 Å². The number of Topliss-reactive ketones (excluding diaryl/α,β-unsaturated/α-hetero) is 2. The Bertz CT molecular complexity index is 1050. The Kier molecular flexibility index (Phi) is 4.12. The van der Waals surface area contributed by atoms with Crippen LogP contribution in [-0.4, -0.2) is 11.6 Å². The van der Waals surface area contributed by atoms with Crippen molar-refractivity contribution in [2.75, 3.05) is 0 Å². The second-order valence-corrected chi connectivity index (χ2v) is 7.37. The molecular formula is C25H20O2. The molecule has 0 N–H and O–H groups in total. The maximum absolute atomic E-state index is 12.6. The Morgan fingerprint density at radius 3 is 1.93 bits per heavy atom. The van der Waals surface area contributed by atoms with E-state index in [0.717, 1.165) is 16.7 Å². The molecule has 4 rings (SSSR count). The van der Waals surface area contributed by atoms with E-state index < -0.39 is 11.6 Å². The molecule has 0 bridgehead atoms. The van der Waals surface area contributed by atoms with Crippen LogP contribution in [0, 0.1) is 0 Å². The number of benzene rings is 3. The molecule has 1 aliphatic rings. The van der Waals surface area contributed by atoms with E-state index in [-0.39, 0.29) is 5.41 Å². The fraction of sp³-hybridized carbons (Fsp3) is 0.120. The van der Waals surface area contributed by atoms with E-state index in [1.165, 1.54) is 5.56 Å². The number of allylic oxidation sites excluding steroid dienone is 1. The molecule has 0 unspecified atom stereocenters. The van der Waals surface area contributed by atoms with Crippen molar-refractivity contribution in [3.05, 3.63) is 107 Å². The second kappa shape index (κ2) is 6.48. The number of hydrogen-bond donors (Lipinski definition) is 0. The topological polar surface area (TPSA) is 34.1 Å². The minimum atomic E-state index is -0.441. The van der Waals surface area contributed by atoms with E-state index in [9.17, 15) is 9.59 Å². The summed E-state index contributed by atoms with van der Waals surface area (Å²) < 4.78 is 0. The predicted molar refractivity (Wildman–Crippen MR) is 109 cm³/mol. The summed E-state index contributed by atoms with van der Waals surface area (Å²) in [5, 5.41) is 0. The molecule has 132 valence electrons. The lowest BCUT2D eigenvalue weighted by molar-refractivity contribution is -0.110. The van der Waals surface area contributed by atoms with Crippen LogP contribution in [0.25, 0.3) is 11.6 Å². The van der Waals surface area contributed by atoms with Gasteiger partial charge < -0.3 is 0 Å². The molecule has 0 amide bonds. The lowest BCUT2D eigenvalue weighted by atomic mass is 9.77. The molecule has 0 saturated carbocycles. The molecule has 2 heteroatoms. The van der Waals surface area contributed by atoms with E-state index in [0.29, 0.717) is 11.1 Å². The highest BCUT2D eigenvalue weighted by Gasteiger charge is 2.28. The summed E-state index contributed by atoms with van der Waals surface area (Å²) in [5.74, 6) is -0.874. The standard InChI is InChI=1S/C25H20O2/c1-25(2,19-9-4-3-5-10-19)20-14-12-17(13-15-20)22-16-18-8-6-7-11-21(18)23(26)24(22)27/h3-16H,1-2H3. The molecule has 1 aliphatic carbocycles. The first-order chi connectivity index (χ1) is 13.0. The van der Waals surface area contributed by atoms with Crippen LogP contribution in [0.2, 0.25) is 0 Å². The Balaban J connectivity index is 1.72. The summed E-state index contributed by atoms with van der Waals surface area (Å²) in [6, 6.07) is 25.5. The maximum Gasteiger partial charge on any atom is 0.234 e. The second-order valence-electron chi connectivity index (χ2n) is 7.37. The van der Waals surface area contributed by atoms with Crippen LogP contribution >= 0.6 is 0 Å². The van der Waals surface area contributed by atoms with Gasteiger partial charge in [-0.05, 0) is 28.3 Å². The van der Waals surface area contributed by atoms with Gasteiger partial charge in [0.1, 0.15) is 0 Å². The minimum Gasteiger partial charge on any atom is -0.285 e. The predicted octanol–water partition coefficient (Wildman–Crippen LogP) is 5.32. The largest absolute Gasteiger partial charge is 0.285 e. The van der Waals surface area contributed by atoms with Crippen molar-refractivity contribution in [1.29, 1.82) is 0 Å². The summed E-state index contributed by atoms with van der Waals surface area (Å²) in [4.78, 5) is 25.0. The van der Waals surface area contributed by atoms with Gasteiger partial charge in [0.05, 0.1) is 0 Å². The van der Waals surface area contributed by atoms with Gasteiger partial charge in [-0.25, -0.2) is 0 Å². The third-order valence-corrected chi connectivity index (χ3v) is 5.37. The van der Waals surface area contributed by atoms with Gasteiger partial charge in [0.25, 0.3) is 0 Å². The first-order valence-corrected chi connectivity index (χ1v) is 9.04. The van der Waals surface area contributed by atoms with Gasteiger partial charge in [-0.1, -0.05) is 92.7 Å². The summed E-state index contributed by atoms with van der Waals surface area (Å²) in [6.45, 7) is 4.37. The van der Waals surface area contributed by atoms with Gasteiger partial charge >= 0.3 is 0 Å². The maximum atomic E-state index is 12.6. The molecule has 2 nitrogen and oxygen atoms in total. The zero-order valence-corrected chi connectivity index (χ0v) is 15.4. The molecule has 3 aromatic carbocycles. The Morgan fingerprint density at radius 1 is 0.630 bits per heavy atom. The summed E-state index contributed by atoms with van der Waals surface area (Å²) in [6.07, 6.45) is 1.82. The molecular weight excluding hydrogens is 332 g/mol. The molecule has 3 aromatic rings. The molecule has 0 heterocycles. The molecule has 0 aromatic heterocycles. The Labute approximate surface area is 159 Å². The zero-order valence-electron chi connectivity index (χ0n) is 15.4. The number of ketones is 2. The van der Waals surface area contributed by atoms with Crippen LogP contribution in [-0.2, 0) is 10.2 Å². The smallest absolute Gasteiger partial charge is 0.234 e. The normalized spacial score (nSPS) is 13.9. The van der Waals surface area contributed by atoms with Crippen molar-refractivity contribution in [3.8, 4) is 0 Å². The van der Waals surface area contributed by atoms with Crippen LogP contribution in [0.3, 0.4) is 0 Å². The first-order valence-electron chi connectivity index (χ1n) is 9.04. The molecule has 0 atom stereocenters. The van der Waals surface area contributed by atoms with Gasteiger partial charge in [-0.2, -0.15) is 0 Å². The van der Waals surface area contributed by atoms with Crippen LogP contribution in [0.15, 0.2) is 78.9 Å². The fourth-order valence-electron chi connectivity index (χ4n) is 3.60. The average Bonchev–Trinajstić information content (AvgIpc) is 2.71.